The summed E-state index contributed by atoms with van der Waals surface area (Å²) in [4.78, 5) is 22.7. The van der Waals surface area contributed by atoms with Crippen LogP contribution < -0.4 is 11.1 Å². The number of hydrogen-bond acceptors (Lipinski definition) is 5. The number of nitrogens with zero attached hydrogens (tertiary/aromatic N) is 1. The van der Waals surface area contributed by atoms with Gasteiger partial charge in [-0.3, -0.25) is 14.9 Å². The van der Waals surface area contributed by atoms with Crippen LogP contribution in [0.2, 0.25) is 0 Å². The minimum absolute atomic E-state index is 0. The molecule has 22 heavy (non-hydrogen) atoms. The van der Waals surface area contributed by atoms with Crippen molar-refractivity contribution in [1.29, 1.82) is 0 Å². The first kappa shape index (κ1) is 20.7. The van der Waals surface area contributed by atoms with E-state index >= 15 is 0 Å². The van der Waals surface area contributed by atoms with Crippen molar-refractivity contribution in [3.05, 3.63) is 34.4 Å². The van der Waals surface area contributed by atoms with Crippen LogP contribution in [0.15, 0.2) is 29.2 Å². The van der Waals surface area contributed by atoms with Crippen molar-refractivity contribution < 1.29 is 9.72 Å². The van der Waals surface area contributed by atoms with Gasteiger partial charge in [-0.15, -0.1) is 24.2 Å². The molecule has 0 aromatic heterocycles. The van der Waals surface area contributed by atoms with E-state index in [2.05, 4.69) is 5.32 Å². The Hall–Kier alpha value is -1.31. The van der Waals surface area contributed by atoms with Crippen LogP contribution in [0, 0.1) is 10.1 Å². The normalized spacial score (nSPS) is 10.7. The summed E-state index contributed by atoms with van der Waals surface area (Å²) in [6.07, 6.45) is 1.61. The molecule has 0 fully saturated rings. The maximum atomic E-state index is 11.8. The van der Waals surface area contributed by atoms with Crippen LogP contribution in [-0.2, 0) is 4.79 Å². The van der Waals surface area contributed by atoms with Gasteiger partial charge in [0, 0.05) is 29.1 Å². The number of non-ortho nitro benzene ring substituents is 1. The van der Waals surface area contributed by atoms with Gasteiger partial charge in [0.25, 0.3) is 5.69 Å². The maximum Gasteiger partial charge on any atom is 0.269 e. The fraction of sp³-hybridized carbons (Fsp3) is 0.500. The van der Waals surface area contributed by atoms with Crippen LogP contribution in [0.25, 0.3) is 0 Å². The molecule has 0 unspecified atom stereocenters. The van der Waals surface area contributed by atoms with Crippen molar-refractivity contribution in [2.75, 3.05) is 12.3 Å². The summed E-state index contributed by atoms with van der Waals surface area (Å²) >= 11 is 1.34. The molecule has 0 aliphatic rings. The zero-order valence-electron chi connectivity index (χ0n) is 12.7. The zero-order chi connectivity index (χ0) is 15.9. The smallest absolute Gasteiger partial charge is 0.269 e. The summed E-state index contributed by atoms with van der Waals surface area (Å²) in [5.41, 5.74) is 5.80. The van der Waals surface area contributed by atoms with Crippen LogP contribution in [0.4, 0.5) is 5.69 Å². The van der Waals surface area contributed by atoms with Crippen molar-refractivity contribution in [1.82, 2.24) is 5.32 Å². The second-order valence-electron chi connectivity index (χ2n) is 4.89. The molecule has 0 spiro atoms. The van der Waals surface area contributed by atoms with E-state index in [0.717, 1.165) is 17.7 Å². The molecule has 0 radical (unpaired) electrons. The fourth-order valence-corrected chi connectivity index (χ4v) is 2.37. The Morgan fingerprint density at radius 2 is 1.86 bits per heavy atom. The molecule has 0 atom stereocenters. The second kappa shape index (κ2) is 9.66. The summed E-state index contributed by atoms with van der Waals surface area (Å²) in [5.74, 6) is 0.177. The number of carbonyl (C=O) groups excluding carboxylic acids is 1. The predicted molar refractivity (Wildman–Crippen MR) is 91.6 cm³/mol. The third-order valence-electron chi connectivity index (χ3n) is 3.46. The molecule has 0 bridgehead atoms. The van der Waals surface area contributed by atoms with Gasteiger partial charge >= 0.3 is 0 Å². The first-order chi connectivity index (χ1) is 9.90. The van der Waals surface area contributed by atoms with E-state index in [1.54, 1.807) is 12.1 Å². The number of nitrogens with one attached hydrogen (secondary N) is 1. The highest BCUT2D eigenvalue weighted by atomic mass is 35.5. The van der Waals surface area contributed by atoms with Crippen molar-refractivity contribution >= 4 is 35.8 Å². The summed E-state index contributed by atoms with van der Waals surface area (Å²) in [5, 5.41) is 13.4. The van der Waals surface area contributed by atoms with E-state index in [1.807, 2.05) is 13.8 Å². The molecule has 1 amide bonds. The van der Waals surface area contributed by atoms with Crippen LogP contribution >= 0.6 is 24.2 Å². The van der Waals surface area contributed by atoms with Gasteiger partial charge in [0.1, 0.15) is 0 Å². The molecule has 0 saturated heterocycles. The van der Waals surface area contributed by atoms with Gasteiger partial charge in [0.05, 0.1) is 10.7 Å². The lowest BCUT2D eigenvalue weighted by atomic mass is 9.94. The SMILES string of the molecule is CCC(N)(CC)CNC(=O)CSc1ccc([N+](=O)[O-])cc1.Cl. The second-order valence-corrected chi connectivity index (χ2v) is 5.93. The van der Waals surface area contributed by atoms with E-state index in [9.17, 15) is 14.9 Å². The Labute approximate surface area is 140 Å². The van der Waals surface area contributed by atoms with Crippen LogP contribution in [0.1, 0.15) is 26.7 Å². The Bertz CT molecular complexity index is 493. The highest BCUT2D eigenvalue weighted by Crippen LogP contribution is 2.21. The van der Waals surface area contributed by atoms with E-state index < -0.39 is 4.92 Å². The summed E-state index contributed by atoms with van der Waals surface area (Å²) in [7, 11) is 0. The molecule has 0 aliphatic heterocycles. The Balaban J connectivity index is 0.00000441. The minimum atomic E-state index is -0.447. The average molecular weight is 348 g/mol. The van der Waals surface area contributed by atoms with Crippen LogP contribution in [0.5, 0.6) is 0 Å². The standard InChI is InChI=1S/C14H21N3O3S.ClH/c1-3-14(15,4-2)10-16-13(18)9-21-12-7-5-11(6-8-12)17(19)20;/h5-8H,3-4,9-10,15H2,1-2H3,(H,16,18);1H. The lowest BCUT2D eigenvalue weighted by molar-refractivity contribution is -0.384. The number of halogens is 1. The van der Waals surface area contributed by atoms with Crippen molar-refractivity contribution in [3.63, 3.8) is 0 Å². The Kier molecular flexibility index (Phi) is 9.08. The molecule has 1 aromatic rings. The number of nitrogens with two attached hydrogens (primary N) is 1. The topological polar surface area (TPSA) is 98.3 Å². The first-order valence-electron chi connectivity index (χ1n) is 6.83. The van der Waals surface area contributed by atoms with Crippen LogP contribution in [-0.4, -0.2) is 28.7 Å². The predicted octanol–water partition coefficient (Wildman–Crippen LogP) is 2.74. The maximum absolute atomic E-state index is 11.8. The number of nitro groups is 1. The van der Waals surface area contributed by atoms with E-state index in [-0.39, 0.29) is 35.3 Å². The average Bonchev–Trinajstić information content (AvgIpc) is 2.51. The van der Waals surface area contributed by atoms with Crippen molar-refractivity contribution in [3.8, 4) is 0 Å². The van der Waals surface area contributed by atoms with E-state index in [4.69, 9.17) is 5.73 Å². The quantitative estimate of drug-likeness (QED) is 0.428. The molecule has 0 aliphatic carbocycles. The molecule has 1 aromatic carbocycles. The van der Waals surface area contributed by atoms with Gasteiger partial charge in [-0.2, -0.15) is 0 Å². The number of thioether (sulfide) groups is 1. The molecule has 0 saturated carbocycles. The highest BCUT2D eigenvalue weighted by molar-refractivity contribution is 8.00. The highest BCUT2D eigenvalue weighted by Gasteiger charge is 2.20. The molecule has 1 rings (SSSR count). The fourth-order valence-electron chi connectivity index (χ4n) is 1.64. The van der Waals surface area contributed by atoms with Gasteiger partial charge in [-0.1, -0.05) is 13.8 Å². The number of nitro benzene ring substituents is 1. The third kappa shape index (κ3) is 6.64. The lowest BCUT2D eigenvalue weighted by Crippen LogP contribution is -2.49. The van der Waals surface area contributed by atoms with Gasteiger partial charge < -0.3 is 11.1 Å². The monoisotopic (exact) mass is 347 g/mol. The number of hydrogen-bond donors (Lipinski definition) is 2. The number of benzene rings is 1. The Morgan fingerprint density at radius 1 is 1.32 bits per heavy atom. The summed E-state index contributed by atoms with van der Waals surface area (Å²) < 4.78 is 0. The van der Waals surface area contributed by atoms with Gasteiger partial charge in [-0.05, 0) is 25.0 Å². The molecular weight excluding hydrogens is 326 g/mol. The lowest BCUT2D eigenvalue weighted by Gasteiger charge is -2.26. The first-order valence-corrected chi connectivity index (χ1v) is 7.81. The zero-order valence-corrected chi connectivity index (χ0v) is 14.3. The van der Waals surface area contributed by atoms with Crippen molar-refractivity contribution in [2.45, 2.75) is 37.1 Å². The molecule has 6 nitrogen and oxygen atoms in total. The minimum Gasteiger partial charge on any atom is -0.354 e. The largest absolute Gasteiger partial charge is 0.354 e. The van der Waals surface area contributed by atoms with Crippen LogP contribution in [0.3, 0.4) is 0 Å². The number of carbonyl (C=O) groups is 1. The van der Waals surface area contributed by atoms with Gasteiger partial charge in [0.2, 0.25) is 5.91 Å². The third-order valence-corrected chi connectivity index (χ3v) is 4.48. The van der Waals surface area contributed by atoms with Gasteiger partial charge in [-0.25, -0.2) is 0 Å². The number of rotatable bonds is 8. The molecule has 124 valence electrons. The van der Waals surface area contributed by atoms with E-state index in [1.165, 1.54) is 23.9 Å². The number of amides is 1. The van der Waals surface area contributed by atoms with Gasteiger partial charge in [0.15, 0.2) is 0 Å². The summed E-state index contributed by atoms with van der Waals surface area (Å²) in [6, 6.07) is 6.14. The Morgan fingerprint density at radius 3 is 2.32 bits per heavy atom. The van der Waals surface area contributed by atoms with E-state index in [0.29, 0.717) is 6.54 Å². The molecule has 0 heterocycles. The molecular formula is C14H22ClN3O3S. The molecule has 3 N–H and O–H groups in total. The van der Waals surface area contributed by atoms with Crippen molar-refractivity contribution in [2.24, 2.45) is 5.73 Å². The molecule has 8 heteroatoms. The summed E-state index contributed by atoms with van der Waals surface area (Å²) in [6.45, 7) is 4.46.